The van der Waals surface area contributed by atoms with Crippen LogP contribution >= 0.6 is 0 Å². The fraction of sp³-hybridized carbons (Fsp3) is 0.909. The van der Waals surface area contributed by atoms with Gasteiger partial charge in [0.1, 0.15) is 6.61 Å². The number of hydrogen-bond acceptors (Lipinski definition) is 3. The van der Waals surface area contributed by atoms with Crippen LogP contribution in [-0.2, 0) is 9.53 Å². The molecule has 90 valence electrons. The van der Waals surface area contributed by atoms with E-state index in [-0.39, 0.29) is 24.2 Å². The monoisotopic (exact) mass is 216 g/mol. The smallest absolute Gasteiger partial charge is 0.246 e. The third-order valence-electron chi connectivity index (χ3n) is 2.70. The number of nitrogens with one attached hydrogen (secondary N) is 1. The SMILES string of the molecule is CCC(CC)(CN)NC(=O)COC(C)C. The maximum absolute atomic E-state index is 11.5. The second-order valence-corrected chi connectivity index (χ2v) is 4.10. The number of rotatable bonds is 7. The molecule has 0 fully saturated rings. The number of nitrogens with two attached hydrogens (primary N) is 1. The van der Waals surface area contributed by atoms with Crippen LogP contribution in [0.2, 0.25) is 0 Å². The van der Waals surface area contributed by atoms with Crippen LogP contribution in [0.15, 0.2) is 0 Å². The predicted molar refractivity (Wildman–Crippen MR) is 61.6 cm³/mol. The van der Waals surface area contributed by atoms with Gasteiger partial charge in [0.15, 0.2) is 0 Å². The van der Waals surface area contributed by atoms with Crippen molar-refractivity contribution in [2.45, 2.75) is 52.2 Å². The molecule has 4 heteroatoms. The fourth-order valence-corrected chi connectivity index (χ4v) is 1.34. The van der Waals surface area contributed by atoms with Crippen LogP contribution in [0.3, 0.4) is 0 Å². The molecule has 0 spiro atoms. The average Bonchev–Trinajstić information content (AvgIpc) is 2.23. The van der Waals surface area contributed by atoms with Gasteiger partial charge in [-0.25, -0.2) is 0 Å². The number of ether oxygens (including phenoxy) is 1. The molecular formula is C11H24N2O2. The summed E-state index contributed by atoms with van der Waals surface area (Å²) in [4.78, 5) is 11.5. The molecule has 0 unspecified atom stereocenters. The van der Waals surface area contributed by atoms with E-state index in [1.165, 1.54) is 0 Å². The van der Waals surface area contributed by atoms with Crippen LogP contribution < -0.4 is 11.1 Å². The summed E-state index contributed by atoms with van der Waals surface area (Å²) in [5.74, 6) is -0.0853. The summed E-state index contributed by atoms with van der Waals surface area (Å²) in [6.07, 6.45) is 1.76. The van der Waals surface area contributed by atoms with Gasteiger partial charge in [0.2, 0.25) is 5.91 Å². The first-order valence-corrected chi connectivity index (χ1v) is 5.62. The van der Waals surface area contributed by atoms with E-state index in [2.05, 4.69) is 5.32 Å². The maximum atomic E-state index is 11.5. The molecule has 0 radical (unpaired) electrons. The Kier molecular flexibility index (Phi) is 6.52. The molecule has 0 saturated heterocycles. The maximum Gasteiger partial charge on any atom is 0.246 e. The molecule has 0 atom stereocenters. The van der Waals surface area contributed by atoms with Crippen molar-refractivity contribution in [3.8, 4) is 0 Å². The van der Waals surface area contributed by atoms with Gasteiger partial charge in [-0.1, -0.05) is 13.8 Å². The van der Waals surface area contributed by atoms with E-state index < -0.39 is 0 Å². The molecule has 3 N–H and O–H groups in total. The molecule has 0 aromatic rings. The third-order valence-corrected chi connectivity index (χ3v) is 2.70. The van der Waals surface area contributed by atoms with Crippen LogP contribution in [0.4, 0.5) is 0 Å². The molecule has 0 aliphatic heterocycles. The van der Waals surface area contributed by atoms with Crippen molar-refractivity contribution in [3.05, 3.63) is 0 Å². The highest BCUT2D eigenvalue weighted by molar-refractivity contribution is 5.78. The van der Waals surface area contributed by atoms with Crippen molar-refractivity contribution < 1.29 is 9.53 Å². The number of carbonyl (C=O) groups is 1. The van der Waals surface area contributed by atoms with E-state index in [0.717, 1.165) is 12.8 Å². The molecule has 0 aliphatic carbocycles. The molecule has 0 bridgehead atoms. The first kappa shape index (κ1) is 14.4. The Morgan fingerprint density at radius 1 is 1.40 bits per heavy atom. The van der Waals surface area contributed by atoms with E-state index >= 15 is 0 Å². The lowest BCUT2D eigenvalue weighted by atomic mass is 9.93. The van der Waals surface area contributed by atoms with Gasteiger partial charge in [-0.2, -0.15) is 0 Å². The van der Waals surface area contributed by atoms with Crippen LogP contribution in [0, 0.1) is 0 Å². The average molecular weight is 216 g/mol. The number of carbonyl (C=O) groups excluding carboxylic acids is 1. The van der Waals surface area contributed by atoms with Gasteiger partial charge in [-0.3, -0.25) is 4.79 Å². The third kappa shape index (κ3) is 5.14. The van der Waals surface area contributed by atoms with Crippen LogP contribution in [0.5, 0.6) is 0 Å². The van der Waals surface area contributed by atoms with Gasteiger partial charge >= 0.3 is 0 Å². The van der Waals surface area contributed by atoms with Crippen molar-refractivity contribution in [2.75, 3.05) is 13.2 Å². The highest BCUT2D eigenvalue weighted by Gasteiger charge is 2.26. The Morgan fingerprint density at radius 2 is 1.93 bits per heavy atom. The standard InChI is InChI=1S/C11H24N2O2/c1-5-11(6-2,8-12)13-10(14)7-15-9(3)4/h9H,5-8,12H2,1-4H3,(H,13,14). The normalized spacial score (nSPS) is 11.9. The highest BCUT2D eigenvalue weighted by atomic mass is 16.5. The second kappa shape index (κ2) is 6.80. The number of hydrogen-bond donors (Lipinski definition) is 2. The van der Waals surface area contributed by atoms with Crippen molar-refractivity contribution >= 4 is 5.91 Å². The molecule has 0 aromatic heterocycles. The summed E-state index contributed by atoms with van der Waals surface area (Å²) in [5.41, 5.74) is 5.41. The lowest BCUT2D eigenvalue weighted by molar-refractivity contribution is -0.129. The van der Waals surface area contributed by atoms with Gasteiger partial charge in [-0.05, 0) is 26.7 Å². The van der Waals surface area contributed by atoms with Crippen molar-refractivity contribution in [3.63, 3.8) is 0 Å². The van der Waals surface area contributed by atoms with E-state index in [1.807, 2.05) is 27.7 Å². The topological polar surface area (TPSA) is 64.3 Å². The van der Waals surface area contributed by atoms with E-state index in [1.54, 1.807) is 0 Å². The fourth-order valence-electron chi connectivity index (χ4n) is 1.34. The predicted octanol–water partition coefficient (Wildman–Crippen LogP) is 1.05. The second-order valence-electron chi connectivity index (χ2n) is 4.10. The van der Waals surface area contributed by atoms with Gasteiger partial charge in [0, 0.05) is 6.54 Å². The van der Waals surface area contributed by atoms with Crippen LogP contribution in [0.25, 0.3) is 0 Å². The minimum Gasteiger partial charge on any atom is -0.369 e. The first-order valence-electron chi connectivity index (χ1n) is 5.62. The summed E-state index contributed by atoms with van der Waals surface area (Å²) < 4.78 is 5.23. The van der Waals surface area contributed by atoms with Gasteiger partial charge in [-0.15, -0.1) is 0 Å². The highest BCUT2D eigenvalue weighted by Crippen LogP contribution is 2.12. The molecule has 0 aromatic carbocycles. The zero-order chi connectivity index (χ0) is 11.9. The minimum atomic E-state index is -0.266. The van der Waals surface area contributed by atoms with E-state index in [9.17, 15) is 4.79 Å². The largest absolute Gasteiger partial charge is 0.369 e. The zero-order valence-electron chi connectivity index (χ0n) is 10.3. The van der Waals surface area contributed by atoms with E-state index in [0.29, 0.717) is 6.54 Å². The molecule has 4 nitrogen and oxygen atoms in total. The summed E-state index contributed by atoms with van der Waals surface area (Å²) in [7, 11) is 0. The van der Waals surface area contributed by atoms with Gasteiger partial charge < -0.3 is 15.8 Å². The Balaban J connectivity index is 4.11. The van der Waals surface area contributed by atoms with E-state index in [4.69, 9.17) is 10.5 Å². The summed E-state index contributed by atoms with van der Waals surface area (Å²) >= 11 is 0. The van der Waals surface area contributed by atoms with Crippen molar-refractivity contribution in [1.29, 1.82) is 0 Å². The first-order chi connectivity index (χ1) is 6.99. The summed E-state index contributed by atoms with van der Waals surface area (Å²) in [5, 5.41) is 2.95. The van der Waals surface area contributed by atoms with Crippen molar-refractivity contribution in [2.24, 2.45) is 5.73 Å². The summed E-state index contributed by atoms with van der Waals surface area (Å²) in [6.45, 7) is 8.44. The summed E-state index contributed by atoms with van der Waals surface area (Å²) in [6, 6.07) is 0. The molecule has 0 rings (SSSR count). The Morgan fingerprint density at radius 3 is 2.27 bits per heavy atom. The van der Waals surface area contributed by atoms with Gasteiger partial charge in [0.05, 0.1) is 11.6 Å². The quantitative estimate of drug-likeness (QED) is 0.668. The van der Waals surface area contributed by atoms with Crippen molar-refractivity contribution in [1.82, 2.24) is 5.32 Å². The lowest BCUT2D eigenvalue weighted by Gasteiger charge is -2.31. The van der Waals surface area contributed by atoms with Crippen LogP contribution in [0.1, 0.15) is 40.5 Å². The molecule has 15 heavy (non-hydrogen) atoms. The molecule has 0 aliphatic rings. The Bertz CT molecular complexity index is 181. The van der Waals surface area contributed by atoms with Crippen LogP contribution in [-0.4, -0.2) is 30.7 Å². The minimum absolute atomic E-state index is 0.0753. The molecule has 1 amide bonds. The lowest BCUT2D eigenvalue weighted by Crippen LogP contribution is -2.53. The molecule has 0 saturated carbocycles. The molecular weight excluding hydrogens is 192 g/mol. The molecule has 0 heterocycles. The zero-order valence-corrected chi connectivity index (χ0v) is 10.3. The Hall–Kier alpha value is -0.610. The Labute approximate surface area is 92.6 Å². The number of amides is 1. The van der Waals surface area contributed by atoms with Gasteiger partial charge in [0.25, 0.3) is 0 Å².